The molecular formula is C13H13BrN2O2. The zero-order valence-electron chi connectivity index (χ0n) is 10.00. The fourth-order valence-electron chi connectivity index (χ4n) is 2.47. The van der Waals surface area contributed by atoms with Gasteiger partial charge in [0.2, 0.25) is 0 Å². The summed E-state index contributed by atoms with van der Waals surface area (Å²) in [6, 6.07) is 3.83. The molecule has 0 fully saturated rings. The van der Waals surface area contributed by atoms with Gasteiger partial charge < -0.3 is 15.0 Å². The summed E-state index contributed by atoms with van der Waals surface area (Å²) in [4.78, 5) is 0. The number of ether oxygens (including phenoxy) is 1. The van der Waals surface area contributed by atoms with E-state index in [1.807, 2.05) is 0 Å². The minimum absolute atomic E-state index is 0.378. The van der Waals surface area contributed by atoms with Crippen LogP contribution in [0.1, 0.15) is 17.5 Å². The first-order chi connectivity index (χ1) is 8.70. The van der Waals surface area contributed by atoms with E-state index >= 15 is 0 Å². The Balaban J connectivity index is 2.23. The first kappa shape index (κ1) is 11.6. The monoisotopic (exact) mass is 308 g/mol. The van der Waals surface area contributed by atoms with Crippen molar-refractivity contribution in [3.63, 3.8) is 0 Å². The lowest BCUT2D eigenvalue weighted by Gasteiger charge is -2.12. The second kappa shape index (κ2) is 4.31. The largest absolute Gasteiger partial charge is 0.495 e. The van der Waals surface area contributed by atoms with Crippen LogP contribution in [-0.4, -0.2) is 12.3 Å². The summed E-state index contributed by atoms with van der Waals surface area (Å²) in [5.74, 6) is 1.80. The first-order valence-corrected chi connectivity index (χ1v) is 6.61. The van der Waals surface area contributed by atoms with Crippen LogP contribution in [0, 0.1) is 0 Å². The molecule has 0 spiro atoms. The number of nitrogen functional groups attached to an aromatic ring is 1. The number of benzene rings is 1. The highest BCUT2D eigenvalue weighted by Gasteiger charge is 2.23. The highest BCUT2D eigenvalue weighted by Crippen LogP contribution is 2.43. The number of hydrogen-bond acceptors (Lipinski definition) is 4. The van der Waals surface area contributed by atoms with Crippen molar-refractivity contribution >= 4 is 21.7 Å². The Kier molecular flexibility index (Phi) is 2.78. The van der Waals surface area contributed by atoms with E-state index in [9.17, 15) is 0 Å². The fraction of sp³-hybridized carbons (Fsp3) is 0.308. The molecule has 0 saturated heterocycles. The summed E-state index contributed by atoms with van der Waals surface area (Å²) in [7, 11) is 1.66. The van der Waals surface area contributed by atoms with Crippen molar-refractivity contribution in [1.82, 2.24) is 5.16 Å². The van der Waals surface area contributed by atoms with Gasteiger partial charge in [-0.15, -0.1) is 0 Å². The standard InChI is InChI=1S/C13H13BrN2O2/c1-17-13-9(10-6-11(15)16-18-10)5-7-3-2-4-8(7)12(13)14/h5-6H,2-4H2,1H3,(H2,15,16). The number of nitrogens with two attached hydrogens (primary N) is 1. The van der Waals surface area contributed by atoms with Gasteiger partial charge in [-0.25, -0.2) is 0 Å². The predicted molar refractivity (Wildman–Crippen MR) is 72.6 cm³/mol. The van der Waals surface area contributed by atoms with Gasteiger partial charge in [0.15, 0.2) is 11.6 Å². The van der Waals surface area contributed by atoms with Crippen LogP contribution in [0.2, 0.25) is 0 Å². The van der Waals surface area contributed by atoms with Crippen LogP contribution < -0.4 is 10.5 Å². The van der Waals surface area contributed by atoms with E-state index in [0.29, 0.717) is 11.6 Å². The summed E-state index contributed by atoms with van der Waals surface area (Å²) in [6.07, 6.45) is 3.36. The molecule has 2 N–H and O–H groups in total. The lowest BCUT2D eigenvalue weighted by molar-refractivity contribution is 0.404. The normalized spacial score (nSPS) is 13.7. The topological polar surface area (TPSA) is 61.3 Å². The SMILES string of the molecule is COc1c(-c2cc(N)no2)cc2c(c1Br)CCC2. The number of aryl methyl sites for hydroxylation is 1. The Labute approximate surface area is 113 Å². The van der Waals surface area contributed by atoms with Crippen molar-refractivity contribution in [2.75, 3.05) is 12.8 Å². The second-order valence-corrected chi connectivity index (χ2v) is 5.17. The van der Waals surface area contributed by atoms with E-state index in [1.54, 1.807) is 13.2 Å². The van der Waals surface area contributed by atoms with Crippen molar-refractivity contribution < 1.29 is 9.26 Å². The van der Waals surface area contributed by atoms with Gasteiger partial charge in [-0.05, 0) is 52.4 Å². The summed E-state index contributed by atoms with van der Waals surface area (Å²) in [6.45, 7) is 0. The van der Waals surface area contributed by atoms with Crippen LogP contribution >= 0.6 is 15.9 Å². The van der Waals surface area contributed by atoms with E-state index in [1.165, 1.54) is 17.5 Å². The van der Waals surface area contributed by atoms with Crippen molar-refractivity contribution in [2.45, 2.75) is 19.3 Å². The summed E-state index contributed by atoms with van der Waals surface area (Å²) < 4.78 is 11.7. The molecule has 0 atom stereocenters. The highest BCUT2D eigenvalue weighted by atomic mass is 79.9. The third kappa shape index (κ3) is 1.70. The minimum Gasteiger partial charge on any atom is -0.495 e. The van der Waals surface area contributed by atoms with Gasteiger partial charge in [-0.2, -0.15) is 0 Å². The maximum absolute atomic E-state index is 5.60. The average Bonchev–Trinajstić information content (AvgIpc) is 2.97. The zero-order chi connectivity index (χ0) is 12.7. The van der Waals surface area contributed by atoms with Crippen molar-refractivity contribution in [3.05, 3.63) is 27.7 Å². The van der Waals surface area contributed by atoms with Crippen LogP contribution in [0.3, 0.4) is 0 Å². The number of methoxy groups -OCH3 is 1. The highest BCUT2D eigenvalue weighted by molar-refractivity contribution is 9.10. The summed E-state index contributed by atoms with van der Waals surface area (Å²) in [5.41, 5.74) is 9.17. The predicted octanol–water partition coefficient (Wildman–Crippen LogP) is 3.18. The summed E-state index contributed by atoms with van der Waals surface area (Å²) >= 11 is 3.63. The number of aromatic nitrogens is 1. The van der Waals surface area contributed by atoms with Crippen LogP contribution in [0.15, 0.2) is 21.1 Å². The van der Waals surface area contributed by atoms with Gasteiger partial charge in [0.1, 0.15) is 5.75 Å². The number of nitrogens with zero attached hydrogens (tertiary/aromatic N) is 1. The molecule has 1 aromatic carbocycles. The van der Waals surface area contributed by atoms with Gasteiger partial charge in [0.25, 0.3) is 0 Å². The van der Waals surface area contributed by atoms with Crippen LogP contribution in [0.25, 0.3) is 11.3 Å². The quantitative estimate of drug-likeness (QED) is 0.925. The zero-order valence-corrected chi connectivity index (χ0v) is 11.6. The first-order valence-electron chi connectivity index (χ1n) is 5.81. The van der Waals surface area contributed by atoms with Gasteiger partial charge in [0.05, 0.1) is 17.1 Å². The molecule has 5 heteroatoms. The molecule has 18 heavy (non-hydrogen) atoms. The van der Waals surface area contributed by atoms with Crippen LogP contribution in [0.5, 0.6) is 5.75 Å². The molecule has 0 radical (unpaired) electrons. The number of fused-ring (bicyclic) bond motifs is 1. The van der Waals surface area contributed by atoms with E-state index in [-0.39, 0.29) is 0 Å². The third-order valence-electron chi connectivity index (χ3n) is 3.29. The van der Waals surface area contributed by atoms with Gasteiger partial charge in [-0.1, -0.05) is 5.16 Å². The molecule has 1 heterocycles. The molecule has 1 aromatic heterocycles. The Morgan fingerprint density at radius 3 is 2.89 bits per heavy atom. The Morgan fingerprint density at radius 2 is 2.22 bits per heavy atom. The van der Waals surface area contributed by atoms with E-state index in [0.717, 1.165) is 28.6 Å². The van der Waals surface area contributed by atoms with E-state index in [4.69, 9.17) is 15.0 Å². The molecule has 1 aliphatic carbocycles. The molecule has 2 aromatic rings. The van der Waals surface area contributed by atoms with Crippen molar-refractivity contribution in [2.24, 2.45) is 0 Å². The molecule has 1 aliphatic rings. The molecular weight excluding hydrogens is 296 g/mol. The lowest BCUT2D eigenvalue weighted by atomic mass is 10.0. The third-order valence-corrected chi connectivity index (χ3v) is 4.12. The average molecular weight is 309 g/mol. The maximum atomic E-state index is 5.60. The maximum Gasteiger partial charge on any atom is 0.172 e. The molecule has 94 valence electrons. The summed E-state index contributed by atoms with van der Waals surface area (Å²) in [5, 5.41) is 3.72. The molecule has 0 aliphatic heterocycles. The Hall–Kier alpha value is -1.49. The second-order valence-electron chi connectivity index (χ2n) is 4.38. The van der Waals surface area contributed by atoms with Crippen molar-refractivity contribution in [1.29, 1.82) is 0 Å². The van der Waals surface area contributed by atoms with Gasteiger partial charge in [-0.3, -0.25) is 0 Å². The van der Waals surface area contributed by atoms with Crippen LogP contribution in [0.4, 0.5) is 5.82 Å². The number of halogens is 1. The Bertz CT molecular complexity index is 607. The molecule has 3 rings (SSSR count). The fourth-order valence-corrected chi connectivity index (χ4v) is 3.30. The molecule has 0 amide bonds. The minimum atomic E-state index is 0.378. The number of anilines is 1. The van der Waals surface area contributed by atoms with Crippen LogP contribution in [-0.2, 0) is 12.8 Å². The smallest absolute Gasteiger partial charge is 0.172 e. The van der Waals surface area contributed by atoms with Gasteiger partial charge in [0, 0.05) is 6.07 Å². The van der Waals surface area contributed by atoms with Crippen molar-refractivity contribution in [3.8, 4) is 17.1 Å². The molecule has 0 unspecified atom stereocenters. The molecule has 0 bridgehead atoms. The van der Waals surface area contributed by atoms with Gasteiger partial charge >= 0.3 is 0 Å². The number of hydrogen-bond donors (Lipinski definition) is 1. The molecule has 4 nitrogen and oxygen atoms in total. The number of rotatable bonds is 2. The van der Waals surface area contributed by atoms with E-state index < -0.39 is 0 Å². The van der Waals surface area contributed by atoms with E-state index in [2.05, 4.69) is 27.2 Å². The Morgan fingerprint density at radius 1 is 1.39 bits per heavy atom. The molecule has 0 saturated carbocycles. The lowest BCUT2D eigenvalue weighted by Crippen LogP contribution is -1.94.